The van der Waals surface area contributed by atoms with E-state index in [4.69, 9.17) is 18.6 Å². The minimum Gasteiger partial charge on any atom is -0.497 e. The van der Waals surface area contributed by atoms with Gasteiger partial charge in [-0.05, 0) is 19.1 Å². The number of methoxy groups -OCH3 is 2. The molecule has 2 aromatic rings. The van der Waals surface area contributed by atoms with E-state index in [1.54, 1.807) is 37.3 Å². The first kappa shape index (κ1) is 20.2. The smallest absolute Gasteiger partial charge is 0.322 e. The van der Waals surface area contributed by atoms with E-state index in [9.17, 15) is 9.59 Å². The zero-order chi connectivity index (χ0) is 19.6. The highest BCUT2D eigenvalue weighted by molar-refractivity contribution is 5.90. The van der Waals surface area contributed by atoms with Gasteiger partial charge in [-0.3, -0.25) is 4.79 Å². The van der Waals surface area contributed by atoms with Crippen LogP contribution in [0.15, 0.2) is 41.0 Å². The lowest BCUT2D eigenvalue weighted by molar-refractivity contribution is -0.143. The number of anilines is 1. The Kier molecular flexibility index (Phi) is 7.54. The van der Waals surface area contributed by atoms with Crippen LogP contribution in [0.1, 0.15) is 19.1 Å². The molecule has 146 valence electrons. The molecule has 0 atom stereocenters. The van der Waals surface area contributed by atoms with E-state index in [0.29, 0.717) is 29.6 Å². The van der Waals surface area contributed by atoms with Gasteiger partial charge >= 0.3 is 12.0 Å². The van der Waals surface area contributed by atoms with E-state index in [0.717, 1.165) is 0 Å². The van der Waals surface area contributed by atoms with Crippen LogP contribution in [-0.2, 0) is 16.1 Å². The van der Waals surface area contributed by atoms with Crippen molar-refractivity contribution in [2.24, 2.45) is 0 Å². The topological polar surface area (TPSA) is 90.2 Å². The van der Waals surface area contributed by atoms with Crippen LogP contribution in [0, 0.1) is 0 Å². The molecule has 0 saturated carbocycles. The van der Waals surface area contributed by atoms with E-state index in [2.05, 4.69) is 5.32 Å². The number of hydrogen-bond donors (Lipinski definition) is 1. The number of nitrogens with one attached hydrogen (secondary N) is 1. The van der Waals surface area contributed by atoms with E-state index in [1.165, 1.54) is 25.4 Å². The fourth-order valence-corrected chi connectivity index (χ4v) is 2.38. The Morgan fingerprint density at radius 2 is 1.85 bits per heavy atom. The number of carbonyl (C=O) groups is 2. The number of urea groups is 1. The van der Waals surface area contributed by atoms with E-state index in [-0.39, 0.29) is 31.5 Å². The van der Waals surface area contributed by atoms with Crippen molar-refractivity contribution in [3.05, 3.63) is 42.4 Å². The molecular formula is C19H24N2O6. The van der Waals surface area contributed by atoms with Crippen molar-refractivity contribution in [2.75, 3.05) is 32.7 Å². The van der Waals surface area contributed by atoms with E-state index < -0.39 is 0 Å². The van der Waals surface area contributed by atoms with Gasteiger partial charge in [0.1, 0.15) is 17.3 Å². The first-order valence-corrected chi connectivity index (χ1v) is 8.52. The average molecular weight is 376 g/mol. The van der Waals surface area contributed by atoms with Crippen LogP contribution < -0.4 is 14.8 Å². The fraction of sp³-hybridized carbons (Fsp3) is 0.368. The SMILES string of the molecule is CCOC(=O)CCN(Cc1ccco1)C(=O)Nc1cc(OC)cc(OC)c1. The van der Waals surface area contributed by atoms with Gasteiger partial charge in [0.15, 0.2) is 0 Å². The summed E-state index contributed by atoms with van der Waals surface area (Å²) in [5, 5.41) is 2.79. The summed E-state index contributed by atoms with van der Waals surface area (Å²) in [7, 11) is 3.06. The molecule has 0 aliphatic heterocycles. The molecule has 1 aromatic heterocycles. The number of furan rings is 1. The Morgan fingerprint density at radius 3 is 2.41 bits per heavy atom. The summed E-state index contributed by atoms with van der Waals surface area (Å²) in [5.74, 6) is 1.34. The average Bonchev–Trinajstić information content (AvgIpc) is 3.18. The van der Waals surface area contributed by atoms with Gasteiger partial charge in [-0.25, -0.2) is 4.79 Å². The summed E-state index contributed by atoms with van der Waals surface area (Å²) in [6.45, 7) is 2.44. The monoisotopic (exact) mass is 376 g/mol. The largest absolute Gasteiger partial charge is 0.497 e. The number of amides is 2. The first-order valence-electron chi connectivity index (χ1n) is 8.52. The van der Waals surface area contributed by atoms with Crippen molar-refractivity contribution in [2.45, 2.75) is 19.9 Å². The summed E-state index contributed by atoms with van der Waals surface area (Å²) in [4.78, 5) is 25.9. The molecule has 0 aliphatic carbocycles. The van der Waals surface area contributed by atoms with Crippen LogP contribution in [0.25, 0.3) is 0 Å². The molecular weight excluding hydrogens is 352 g/mol. The number of esters is 1. The predicted molar refractivity (Wildman–Crippen MR) is 98.9 cm³/mol. The van der Waals surface area contributed by atoms with E-state index >= 15 is 0 Å². The number of carbonyl (C=O) groups excluding carboxylic acids is 2. The van der Waals surface area contributed by atoms with Gasteiger partial charge in [-0.15, -0.1) is 0 Å². The minimum absolute atomic E-state index is 0.0867. The van der Waals surface area contributed by atoms with Crippen molar-refractivity contribution in [3.8, 4) is 11.5 Å². The second-order valence-electron chi connectivity index (χ2n) is 5.59. The van der Waals surface area contributed by atoms with Crippen molar-refractivity contribution in [3.63, 3.8) is 0 Å². The molecule has 0 fully saturated rings. The standard InChI is InChI=1S/C19H24N2O6/c1-4-26-18(22)7-8-21(13-15-6-5-9-27-15)19(23)20-14-10-16(24-2)12-17(11-14)25-3/h5-6,9-12H,4,7-8,13H2,1-3H3,(H,20,23). The molecule has 1 N–H and O–H groups in total. The first-order chi connectivity index (χ1) is 13.0. The highest BCUT2D eigenvalue weighted by Crippen LogP contribution is 2.26. The highest BCUT2D eigenvalue weighted by atomic mass is 16.5. The van der Waals surface area contributed by atoms with Gasteiger partial charge in [0.25, 0.3) is 0 Å². The van der Waals surface area contributed by atoms with Crippen LogP contribution in [0.5, 0.6) is 11.5 Å². The number of hydrogen-bond acceptors (Lipinski definition) is 6. The molecule has 0 aliphatic rings. The zero-order valence-corrected chi connectivity index (χ0v) is 15.7. The van der Waals surface area contributed by atoms with Gasteiger partial charge in [-0.2, -0.15) is 0 Å². The molecule has 0 unspecified atom stereocenters. The molecule has 0 spiro atoms. The maximum atomic E-state index is 12.7. The molecule has 27 heavy (non-hydrogen) atoms. The Labute approximate surface area is 158 Å². The third kappa shape index (κ3) is 6.25. The van der Waals surface area contributed by atoms with Gasteiger partial charge in [0.05, 0.1) is 40.1 Å². The van der Waals surface area contributed by atoms with Gasteiger partial charge in [-0.1, -0.05) is 0 Å². The lowest BCUT2D eigenvalue weighted by Crippen LogP contribution is -2.36. The number of ether oxygens (including phenoxy) is 3. The molecule has 0 radical (unpaired) electrons. The lowest BCUT2D eigenvalue weighted by atomic mass is 10.2. The van der Waals surface area contributed by atoms with Gasteiger partial charge in [0.2, 0.25) is 0 Å². The molecule has 1 heterocycles. The second kappa shape index (κ2) is 10.1. The fourth-order valence-electron chi connectivity index (χ4n) is 2.38. The summed E-state index contributed by atoms with van der Waals surface area (Å²) in [5.41, 5.74) is 0.511. The lowest BCUT2D eigenvalue weighted by Gasteiger charge is -2.22. The minimum atomic E-state index is -0.383. The predicted octanol–water partition coefficient (Wildman–Crippen LogP) is 3.28. The summed E-state index contributed by atoms with van der Waals surface area (Å²) in [6.07, 6.45) is 1.62. The molecule has 8 nitrogen and oxygen atoms in total. The number of nitrogens with zero attached hydrogens (tertiary/aromatic N) is 1. The summed E-state index contributed by atoms with van der Waals surface area (Å²) in [6, 6.07) is 8.18. The molecule has 8 heteroatoms. The molecule has 1 aromatic carbocycles. The number of rotatable bonds is 9. The molecule has 2 amide bonds. The number of benzene rings is 1. The van der Waals surface area contributed by atoms with Crippen molar-refractivity contribution in [1.29, 1.82) is 0 Å². The van der Waals surface area contributed by atoms with Crippen molar-refractivity contribution < 1.29 is 28.2 Å². The normalized spacial score (nSPS) is 10.2. The Hall–Kier alpha value is -3.16. The third-order valence-corrected chi connectivity index (χ3v) is 3.71. The van der Waals surface area contributed by atoms with Gasteiger partial charge < -0.3 is 28.8 Å². The molecule has 2 rings (SSSR count). The molecule has 0 saturated heterocycles. The maximum absolute atomic E-state index is 12.7. The van der Waals surface area contributed by atoms with E-state index in [1.807, 2.05) is 0 Å². The van der Waals surface area contributed by atoms with Crippen LogP contribution in [0.3, 0.4) is 0 Å². The zero-order valence-electron chi connectivity index (χ0n) is 15.7. The van der Waals surface area contributed by atoms with Crippen molar-refractivity contribution >= 4 is 17.7 Å². The van der Waals surface area contributed by atoms with Crippen molar-refractivity contribution in [1.82, 2.24) is 4.90 Å². The summed E-state index contributed by atoms with van der Waals surface area (Å²) < 4.78 is 20.7. The van der Waals surface area contributed by atoms with Crippen LogP contribution >= 0.6 is 0 Å². The Balaban J connectivity index is 2.11. The summed E-state index contributed by atoms with van der Waals surface area (Å²) >= 11 is 0. The second-order valence-corrected chi connectivity index (χ2v) is 5.59. The quantitative estimate of drug-likeness (QED) is 0.676. The molecule has 0 bridgehead atoms. The Morgan fingerprint density at radius 1 is 1.15 bits per heavy atom. The third-order valence-electron chi connectivity index (χ3n) is 3.71. The van der Waals surface area contributed by atoms with Gasteiger partial charge in [0, 0.05) is 30.4 Å². The van der Waals surface area contributed by atoms with Crippen LogP contribution in [0.2, 0.25) is 0 Å². The maximum Gasteiger partial charge on any atom is 0.322 e. The highest BCUT2D eigenvalue weighted by Gasteiger charge is 2.18. The van der Waals surface area contributed by atoms with Crippen LogP contribution in [0.4, 0.5) is 10.5 Å². The van der Waals surface area contributed by atoms with Crippen LogP contribution in [-0.4, -0.2) is 44.3 Å². The Bertz CT molecular complexity index is 722.